The third-order valence-electron chi connectivity index (χ3n) is 8.14. The Morgan fingerprint density at radius 3 is 2.73 bits per heavy atom. The minimum Gasteiger partial charge on any atom is -0.480 e. The van der Waals surface area contributed by atoms with Crippen molar-refractivity contribution in [2.24, 2.45) is 0 Å². The van der Waals surface area contributed by atoms with E-state index in [1.165, 1.54) is 23.3 Å². The van der Waals surface area contributed by atoms with Crippen molar-refractivity contribution in [3.8, 4) is 0 Å². The van der Waals surface area contributed by atoms with Crippen molar-refractivity contribution in [3.63, 3.8) is 0 Å². The summed E-state index contributed by atoms with van der Waals surface area (Å²) in [5, 5.41) is 15.9. The number of ether oxygens (including phenoxy) is 1. The fraction of sp³-hybridized carbons (Fsp3) is 0.600. The predicted molar refractivity (Wildman–Crippen MR) is 154 cm³/mol. The Morgan fingerprint density at radius 1 is 1.24 bits per heavy atom. The molecule has 1 amide bonds. The van der Waals surface area contributed by atoms with Gasteiger partial charge in [-0.1, -0.05) is 12.1 Å². The molecule has 0 aromatic carbocycles. The average molecular weight is 572 g/mol. The number of carboxylic acids is 1. The number of aromatic nitrogens is 2. The number of fused-ring (bicyclic) bond motifs is 1. The molecule has 0 spiro atoms. The van der Waals surface area contributed by atoms with E-state index in [1.54, 1.807) is 19.1 Å². The molecule has 2 aromatic rings. The topological polar surface area (TPSA) is 126 Å². The van der Waals surface area contributed by atoms with E-state index < -0.39 is 36.2 Å². The number of nitrogens with zero attached hydrogens (tertiary/aromatic N) is 3. The zero-order chi connectivity index (χ0) is 29.4. The number of methoxy groups -OCH3 is 1. The quantitative estimate of drug-likeness (QED) is 0.263. The molecule has 3 N–H and O–H groups in total. The molecule has 0 saturated heterocycles. The first-order chi connectivity index (χ1) is 19.8. The molecule has 224 valence electrons. The molecule has 0 radical (unpaired) electrons. The monoisotopic (exact) mass is 571 g/mol. The van der Waals surface area contributed by atoms with Crippen LogP contribution in [0.1, 0.15) is 55.5 Å². The summed E-state index contributed by atoms with van der Waals surface area (Å²) in [5.41, 5.74) is 1.60. The highest BCUT2D eigenvalue weighted by Gasteiger charge is 2.53. The van der Waals surface area contributed by atoms with Gasteiger partial charge in [0.2, 0.25) is 5.91 Å². The number of unbranched alkanes of at least 4 members (excludes halogenated alkanes) is 1. The van der Waals surface area contributed by atoms with Crippen LogP contribution in [-0.2, 0) is 32.7 Å². The number of alkyl halides is 1. The lowest BCUT2D eigenvalue weighted by molar-refractivity contribution is -0.143. The summed E-state index contributed by atoms with van der Waals surface area (Å²) < 4.78 is 20.2. The normalized spacial score (nSPS) is 16.9. The largest absolute Gasteiger partial charge is 0.480 e. The Morgan fingerprint density at radius 2 is 2.05 bits per heavy atom. The van der Waals surface area contributed by atoms with E-state index in [9.17, 15) is 23.9 Å². The zero-order valence-electron chi connectivity index (χ0n) is 24.0. The third-order valence-corrected chi connectivity index (χ3v) is 8.14. The third kappa shape index (κ3) is 7.71. The van der Waals surface area contributed by atoms with Gasteiger partial charge in [0, 0.05) is 44.2 Å². The molecule has 4 rings (SSSR count). The maximum atomic E-state index is 13.5. The highest BCUT2D eigenvalue weighted by molar-refractivity contribution is 5.91. The van der Waals surface area contributed by atoms with E-state index >= 15 is 0 Å². The van der Waals surface area contributed by atoms with Crippen LogP contribution in [0.25, 0.3) is 0 Å². The first-order valence-electron chi connectivity index (χ1n) is 14.5. The second kappa shape index (κ2) is 14.0. The van der Waals surface area contributed by atoms with Crippen molar-refractivity contribution in [1.82, 2.24) is 19.8 Å². The number of nitrogens with one attached hydrogen (secondary N) is 2. The summed E-state index contributed by atoms with van der Waals surface area (Å²) in [4.78, 5) is 44.6. The Balaban J connectivity index is 1.34. The molecular weight excluding hydrogens is 529 g/mol. The summed E-state index contributed by atoms with van der Waals surface area (Å²) in [6.45, 7) is 3.35. The summed E-state index contributed by atoms with van der Waals surface area (Å²) in [7, 11) is 1.46. The Labute approximate surface area is 240 Å². The molecule has 0 bridgehead atoms. The van der Waals surface area contributed by atoms with Crippen LogP contribution in [0.3, 0.4) is 0 Å². The Kier molecular flexibility index (Phi) is 10.5. The fourth-order valence-electron chi connectivity index (χ4n) is 5.59. The van der Waals surface area contributed by atoms with Gasteiger partial charge >= 0.3 is 5.97 Å². The van der Waals surface area contributed by atoms with Crippen LogP contribution < -0.4 is 16.2 Å². The van der Waals surface area contributed by atoms with Gasteiger partial charge in [-0.2, -0.15) is 0 Å². The van der Waals surface area contributed by atoms with Crippen LogP contribution in [0.15, 0.2) is 35.1 Å². The van der Waals surface area contributed by atoms with Crippen LogP contribution in [-0.4, -0.2) is 83.5 Å². The lowest BCUT2D eigenvalue weighted by Crippen LogP contribution is -2.51. The number of aliphatic carboxylic acids is 1. The first-order valence-corrected chi connectivity index (χ1v) is 14.5. The Hall–Kier alpha value is -3.31. The maximum absolute atomic E-state index is 13.5. The van der Waals surface area contributed by atoms with Crippen molar-refractivity contribution in [3.05, 3.63) is 57.6 Å². The van der Waals surface area contributed by atoms with E-state index in [-0.39, 0.29) is 12.0 Å². The van der Waals surface area contributed by atoms with E-state index in [0.717, 1.165) is 50.2 Å². The molecule has 2 aliphatic rings. The number of pyridine rings is 2. The maximum Gasteiger partial charge on any atom is 0.326 e. The van der Waals surface area contributed by atoms with Crippen LogP contribution in [0.2, 0.25) is 0 Å². The molecule has 11 heteroatoms. The standard InChI is InChI=1S/C30H42FN5O5/c1-21-7-5-10-26(37)36(21)30(14-15-30)29(40)34-25(28(38)39)13-18-35(20-24(19-31)41-2)17-4-3-9-23-12-11-22-8-6-16-32-27(22)33-23/h5,7,10-12,24-25H,3-4,6,8-9,13-20H2,1-2H3,(H,32,33)(H,34,40)(H,38,39)/t24-,25+/m1/s1. The molecule has 2 atom stereocenters. The number of carboxylic acid groups (broad SMARTS) is 1. The molecule has 1 aliphatic heterocycles. The van der Waals surface area contributed by atoms with Crippen LogP contribution >= 0.6 is 0 Å². The first kappa shape index (κ1) is 30.6. The number of amides is 1. The highest BCUT2D eigenvalue weighted by atomic mass is 19.1. The summed E-state index contributed by atoms with van der Waals surface area (Å²) >= 11 is 0. The lowest BCUT2D eigenvalue weighted by atomic mass is 10.1. The van der Waals surface area contributed by atoms with Crippen LogP contribution in [0, 0.1) is 6.92 Å². The van der Waals surface area contributed by atoms with E-state index in [0.29, 0.717) is 38.2 Å². The number of carbonyl (C=O) groups is 2. The van der Waals surface area contributed by atoms with Crippen molar-refractivity contribution in [2.45, 2.75) is 76.0 Å². The number of aryl methyl sites for hydroxylation is 3. The average Bonchev–Trinajstić information content (AvgIpc) is 3.77. The number of hydrogen-bond donors (Lipinski definition) is 3. The predicted octanol–water partition coefficient (Wildman–Crippen LogP) is 2.67. The minimum atomic E-state index is -1.15. The Bertz CT molecular complexity index is 1260. The number of rotatable bonds is 16. The molecule has 1 aliphatic carbocycles. The lowest BCUT2D eigenvalue weighted by Gasteiger charge is -2.28. The van der Waals surface area contributed by atoms with Crippen molar-refractivity contribution >= 4 is 17.7 Å². The molecule has 3 heterocycles. The van der Waals surface area contributed by atoms with Gasteiger partial charge < -0.3 is 25.4 Å². The van der Waals surface area contributed by atoms with Gasteiger partial charge in [-0.15, -0.1) is 0 Å². The molecule has 1 saturated carbocycles. The van der Waals surface area contributed by atoms with Gasteiger partial charge in [0.15, 0.2) is 0 Å². The SMILES string of the molecule is CO[C@H](CF)CN(CCCCc1ccc2c(n1)NCCC2)CC[C@H](NC(=O)C1(n2c(C)cccc2=O)CC1)C(=O)O. The number of halogens is 1. The van der Waals surface area contributed by atoms with Gasteiger partial charge in [0.1, 0.15) is 24.1 Å². The van der Waals surface area contributed by atoms with Gasteiger partial charge in [0.05, 0.1) is 6.10 Å². The zero-order valence-corrected chi connectivity index (χ0v) is 24.0. The molecule has 41 heavy (non-hydrogen) atoms. The van der Waals surface area contributed by atoms with E-state index in [4.69, 9.17) is 9.72 Å². The van der Waals surface area contributed by atoms with Crippen molar-refractivity contribution < 1.29 is 23.8 Å². The van der Waals surface area contributed by atoms with Crippen molar-refractivity contribution in [1.29, 1.82) is 0 Å². The van der Waals surface area contributed by atoms with E-state index in [2.05, 4.69) is 22.8 Å². The molecule has 10 nitrogen and oxygen atoms in total. The number of anilines is 1. The summed E-state index contributed by atoms with van der Waals surface area (Å²) in [6.07, 6.45) is 5.14. The molecule has 2 aromatic heterocycles. The van der Waals surface area contributed by atoms with Crippen LogP contribution in [0.5, 0.6) is 0 Å². The van der Waals surface area contributed by atoms with Gasteiger partial charge in [-0.3, -0.25) is 14.2 Å². The van der Waals surface area contributed by atoms with Crippen LogP contribution in [0.4, 0.5) is 10.2 Å². The van der Waals surface area contributed by atoms with Gasteiger partial charge in [-0.05, 0) is 82.5 Å². The fourth-order valence-corrected chi connectivity index (χ4v) is 5.59. The molecule has 1 fully saturated rings. The molecular formula is C30H42FN5O5. The van der Waals surface area contributed by atoms with Gasteiger partial charge in [-0.25, -0.2) is 14.2 Å². The van der Waals surface area contributed by atoms with E-state index in [1.807, 2.05) is 4.90 Å². The molecule has 0 unspecified atom stereocenters. The van der Waals surface area contributed by atoms with Gasteiger partial charge in [0.25, 0.3) is 5.56 Å². The van der Waals surface area contributed by atoms with Crippen molar-refractivity contribution in [2.75, 3.05) is 45.3 Å². The smallest absolute Gasteiger partial charge is 0.326 e. The summed E-state index contributed by atoms with van der Waals surface area (Å²) in [5.74, 6) is -0.631. The number of carbonyl (C=O) groups excluding carboxylic acids is 1. The second-order valence-corrected chi connectivity index (χ2v) is 11.1. The second-order valence-electron chi connectivity index (χ2n) is 11.1. The summed E-state index contributed by atoms with van der Waals surface area (Å²) in [6, 6.07) is 7.88. The highest BCUT2D eigenvalue weighted by Crippen LogP contribution is 2.43. The number of hydrogen-bond acceptors (Lipinski definition) is 7. The minimum absolute atomic E-state index is 0.139.